The van der Waals surface area contributed by atoms with E-state index in [0.29, 0.717) is 3.97 Å². The zero-order valence-corrected chi connectivity index (χ0v) is 6.46. The van der Waals surface area contributed by atoms with E-state index in [9.17, 15) is 8.42 Å². The summed E-state index contributed by atoms with van der Waals surface area (Å²) in [5.41, 5.74) is 13.5. The molecule has 0 aliphatic carbocycles. The highest BCUT2D eigenvalue weighted by atomic mass is 32.2. The van der Waals surface area contributed by atoms with E-state index < -0.39 is 10.3 Å². The summed E-state index contributed by atoms with van der Waals surface area (Å²) in [7, 11) is -4.11. The van der Waals surface area contributed by atoms with Crippen molar-refractivity contribution in [2.75, 3.05) is 0 Å². The molecule has 1 aromatic heterocycles. The fourth-order valence-electron chi connectivity index (χ4n) is 0.383. The zero-order chi connectivity index (χ0) is 9.61. The maximum absolute atomic E-state index is 10.2. The molecule has 0 fully saturated rings. The van der Waals surface area contributed by atoms with Crippen molar-refractivity contribution in [2.45, 2.75) is 0 Å². The summed E-state index contributed by atoms with van der Waals surface area (Å²) in [5.74, 6) is 0. The van der Waals surface area contributed by atoms with Crippen molar-refractivity contribution in [3.05, 3.63) is 34.7 Å². The van der Waals surface area contributed by atoms with Gasteiger partial charge in [0.1, 0.15) is 6.33 Å². The van der Waals surface area contributed by atoms with Gasteiger partial charge in [-0.1, -0.05) is 0 Å². The minimum Gasteiger partial charge on any atom is -0.373 e. The molecule has 0 unspecified atom stereocenters. The van der Waals surface area contributed by atoms with Gasteiger partial charge in [-0.3, -0.25) is 9.46 Å². The van der Waals surface area contributed by atoms with Crippen LogP contribution in [-0.2, 0) is 10.3 Å². The van der Waals surface area contributed by atoms with E-state index in [1.54, 1.807) is 0 Å². The van der Waals surface area contributed by atoms with Crippen molar-refractivity contribution in [3.8, 4) is 0 Å². The van der Waals surface area contributed by atoms with Crippen LogP contribution in [0.2, 0.25) is 0 Å². The summed E-state index contributed by atoms with van der Waals surface area (Å²) in [6.45, 7) is 0. The quantitative estimate of drug-likeness (QED) is 0.297. The van der Waals surface area contributed by atoms with Gasteiger partial charge in [0, 0.05) is 12.4 Å². The van der Waals surface area contributed by atoms with Crippen LogP contribution in [0, 0.1) is 0 Å². The van der Waals surface area contributed by atoms with Crippen LogP contribution in [0.4, 0.5) is 0 Å². The first-order valence-corrected chi connectivity index (χ1v) is 3.86. The zero-order valence-electron chi connectivity index (χ0n) is 5.64. The van der Waals surface area contributed by atoms with Gasteiger partial charge in [-0.15, -0.1) is 0 Å². The second kappa shape index (κ2) is 4.34. The van der Waals surface area contributed by atoms with E-state index >= 15 is 0 Å². The van der Waals surface area contributed by atoms with Gasteiger partial charge in [0.15, 0.2) is 0 Å². The largest absolute Gasteiger partial charge is 0.373 e. The molecule has 0 atom stereocenters. The van der Waals surface area contributed by atoms with E-state index in [-0.39, 0.29) is 0 Å². The predicted octanol–water partition coefficient (Wildman–Crippen LogP) is 0.400. The topological polar surface area (TPSA) is 131 Å². The van der Waals surface area contributed by atoms with E-state index in [4.69, 9.17) is 15.6 Å². The molecule has 1 N–H and O–H groups in total. The van der Waals surface area contributed by atoms with Crippen LogP contribution in [0.25, 0.3) is 16.0 Å². The number of rotatable bonds is 1. The minimum absolute atomic E-state index is 0.604. The van der Waals surface area contributed by atoms with Crippen LogP contribution in [0.15, 0.2) is 18.7 Å². The summed E-state index contributed by atoms with van der Waals surface area (Å²) in [6, 6.07) is 0. The van der Waals surface area contributed by atoms with Crippen LogP contribution in [-0.4, -0.2) is 21.9 Å². The van der Waals surface area contributed by atoms with Gasteiger partial charge < -0.3 is 11.1 Å². The lowest BCUT2D eigenvalue weighted by atomic mass is 11.0. The third-order valence-electron chi connectivity index (χ3n) is 0.747. The molecule has 8 nitrogen and oxygen atoms in total. The second-order valence-corrected chi connectivity index (χ2v) is 2.78. The number of aromatic nitrogens is 2. The van der Waals surface area contributed by atoms with Gasteiger partial charge in [-0.05, 0) is 0 Å². The lowest BCUT2D eigenvalue weighted by Gasteiger charge is -1.91. The molecule has 0 aliphatic rings. The van der Waals surface area contributed by atoms with Crippen molar-refractivity contribution in [2.24, 2.45) is 0 Å². The Balaban J connectivity index is 0.000000354. The molecule has 0 radical (unpaired) electrons. The molecule has 0 saturated heterocycles. The Hall–Kier alpha value is -1.57. The molecule has 66 valence electrons. The van der Waals surface area contributed by atoms with E-state index in [0.717, 1.165) is 12.5 Å². The third kappa shape index (κ3) is 3.56. The normalized spacial score (nSPS) is 9.42. The highest BCUT2D eigenvalue weighted by Gasteiger charge is 2.03. The Kier molecular flexibility index (Phi) is 3.77. The summed E-state index contributed by atoms with van der Waals surface area (Å²) < 4.78 is 29.2. The number of hydrogen-bond acceptors (Lipinski definition) is 3. The van der Waals surface area contributed by atoms with Crippen molar-refractivity contribution in [1.82, 2.24) is 8.96 Å². The first-order chi connectivity index (χ1) is 5.52. The monoisotopic (exact) mass is 190 g/mol. The summed E-state index contributed by atoms with van der Waals surface area (Å²) in [5, 5.41) is 0. The summed E-state index contributed by atoms with van der Waals surface area (Å²) in [4.78, 5) is 4.91. The second-order valence-electron chi connectivity index (χ2n) is 1.46. The highest BCUT2D eigenvalue weighted by Crippen LogP contribution is 1.89. The molecule has 1 aromatic rings. The lowest BCUT2D eigenvalue weighted by Crippen LogP contribution is -2.07. The summed E-state index contributed by atoms with van der Waals surface area (Å²) in [6.07, 6.45) is 3.39. The highest BCUT2D eigenvalue weighted by molar-refractivity contribution is 7.84. The first kappa shape index (κ1) is 10.4. The van der Waals surface area contributed by atoms with Crippen molar-refractivity contribution >= 4 is 10.3 Å². The fourth-order valence-corrected chi connectivity index (χ4v) is 0.765. The van der Waals surface area contributed by atoms with Gasteiger partial charge in [0.2, 0.25) is 0 Å². The SMILES string of the molecule is O=S(=O)(O)n1ccnc1.[N-]=[N+]=[N-]. The molecule has 0 saturated carbocycles. The first-order valence-electron chi connectivity index (χ1n) is 2.46. The minimum atomic E-state index is -4.11. The van der Waals surface area contributed by atoms with Crippen LogP contribution in [0.5, 0.6) is 0 Å². The predicted molar refractivity (Wildman–Crippen MR) is 39.3 cm³/mol. The smallest absolute Gasteiger partial charge is 0.364 e. The van der Waals surface area contributed by atoms with Crippen LogP contribution in [0.3, 0.4) is 0 Å². The summed E-state index contributed by atoms with van der Waals surface area (Å²) >= 11 is 0. The Bertz CT molecular complexity index is 347. The van der Waals surface area contributed by atoms with Crippen LogP contribution < -0.4 is 0 Å². The molecule has 0 amide bonds. The van der Waals surface area contributed by atoms with Gasteiger partial charge in [-0.2, -0.15) is 8.42 Å². The van der Waals surface area contributed by atoms with Gasteiger partial charge >= 0.3 is 10.3 Å². The standard InChI is InChI=1S/C3H4N2O3S.N3/c6-9(7,8)5-2-1-4-3-5;1-3-2/h1-3H,(H,6,7,8);/q;-1. The van der Waals surface area contributed by atoms with Gasteiger partial charge in [0.25, 0.3) is 0 Å². The fraction of sp³-hybridized carbons (Fsp3) is 0. The van der Waals surface area contributed by atoms with Gasteiger partial charge in [-0.25, -0.2) is 8.96 Å². The molecule has 12 heavy (non-hydrogen) atoms. The molecule has 1 heterocycles. The molecule has 0 spiro atoms. The van der Waals surface area contributed by atoms with Gasteiger partial charge in [0.05, 0.1) is 0 Å². The molecular formula is C3H4N5O3S-. The number of nitrogens with zero attached hydrogens (tertiary/aromatic N) is 5. The average molecular weight is 190 g/mol. The molecule has 0 aliphatic heterocycles. The molecule has 0 bridgehead atoms. The van der Waals surface area contributed by atoms with Crippen LogP contribution in [0.1, 0.15) is 0 Å². The van der Waals surface area contributed by atoms with E-state index in [2.05, 4.69) is 4.98 Å². The Morgan fingerprint density at radius 1 is 1.50 bits per heavy atom. The van der Waals surface area contributed by atoms with Crippen molar-refractivity contribution in [3.63, 3.8) is 0 Å². The Morgan fingerprint density at radius 3 is 2.17 bits per heavy atom. The maximum Gasteiger partial charge on any atom is 0.364 e. The molecular weight excluding hydrogens is 186 g/mol. The van der Waals surface area contributed by atoms with Crippen LogP contribution >= 0.6 is 0 Å². The van der Waals surface area contributed by atoms with Crippen molar-refractivity contribution in [1.29, 1.82) is 0 Å². The average Bonchev–Trinajstić information content (AvgIpc) is 2.36. The van der Waals surface area contributed by atoms with Crippen molar-refractivity contribution < 1.29 is 13.0 Å². The number of hydrogen-bond donors (Lipinski definition) is 1. The lowest BCUT2D eigenvalue weighted by molar-refractivity contribution is 0.472. The number of imidazole rings is 1. The van der Waals surface area contributed by atoms with E-state index in [1.807, 2.05) is 0 Å². The maximum atomic E-state index is 10.2. The van der Waals surface area contributed by atoms with E-state index in [1.165, 1.54) is 11.1 Å². The Morgan fingerprint density at radius 2 is 2.00 bits per heavy atom. The Labute approximate surface area is 67.8 Å². The third-order valence-corrected chi connectivity index (χ3v) is 1.50. The molecule has 0 aromatic carbocycles. The molecule has 9 heteroatoms. The molecule has 1 rings (SSSR count).